The third-order valence-corrected chi connectivity index (χ3v) is 6.74. The van der Waals surface area contributed by atoms with Crippen molar-refractivity contribution in [1.82, 2.24) is 9.89 Å². The standard InChI is InChI=1S/C31H35N3O4/c1-19(2)8-7-15-32-30(35)20-9-12-23(31(36)37)26(16-20)29-24-13-10-21(33(3)4)17-27(24)38-28-18-22(34(5)6)11-14-25(28)29/h9-14,16-19H,7-8,15H2,1-6H3,(H-,32,35,36,37). The van der Waals surface area contributed by atoms with Crippen LogP contribution in [-0.4, -0.2) is 46.6 Å². The molecule has 198 valence electrons. The van der Waals surface area contributed by atoms with E-state index in [0.29, 0.717) is 40.5 Å². The van der Waals surface area contributed by atoms with Crippen molar-refractivity contribution in [2.75, 3.05) is 39.6 Å². The van der Waals surface area contributed by atoms with Crippen LogP contribution in [0.3, 0.4) is 0 Å². The molecule has 0 aromatic heterocycles. The summed E-state index contributed by atoms with van der Waals surface area (Å²) in [6, 6.07) is 16.3. The first kappa shape index (κ1) is 26.9. The van der Waals surface area contributed by atoms with Gasteiger partial charge in [-0.15, -0.1) is 0 Å². The molecule has 2 aromatic carbocycles. The summed E-state index contributed by atoms with van der Waals surface area (Å²) in [6.45, 7) is 4.86. The Morgan fingerprint density at radius 1 is 1.00 bits per heavy atom. The number of carboxylic acid groups (broad SMARTS) is 1. The number of fused-ring (bicyclic) bond motifs is 2. The third-order valence-electron chi connectivity index (χ3n) is 6.74. The van der Waals surface area contributed by atoms with E-state index in [0.717, 1.165) is 34.8 Å². The average Bonchev–Trinajstić information content (AvgIpc) is 2.88. The normalized spacial score (nSPS) is 11.2. The minimum Gasteiger partial charge on any atom is -0.545 e. The molecule has 0 saturated carbocycles. The lowest BCUT2D eigenvalue weighted by Crippen LogP contribution is -2.26. The Morgan fingerprint density at radius 2 is 1.76 bits per heavy atom. The van der Waals surface area contributed by atoms with E-state index in [9.17, 15) is 14.7 Å². The van der Waals surface area contributed by atoms with Crippen LogP contribution in [0.5, 0.6) is 0 Å². The van der Waals surface area contributed by atoms with Crippen molar-refractivity contribution in [2.24, 2.45) is 5.92 Å². The molecule has 1 N–H and O–H groups in total. The van der Waals surface area contributed by atoms with E-state index in [1.165, 1.54) is 6.07 Å². The summed E-state index contributed by atoms with van der Waals surface area (Å²) in [4.78, 5) is 27.3. The molecule has 2 aliphatic rings. The lowest BCUT2D eigenvalue weighted by Gasteiger charge is -2.20. The molecule has 0 unspecified atom stereocenters. The molecule has 0 saturated heterocycles. The second-order valence-corrected chi connectivity index (χ2v) is 10.5. The SMILES string of the molecule is CC(C)CCCNC(=O)c1ccc(C(=O)[O-])c(-c2c3ccc(=[N+](C)C)cc-3oc3cc(N(C)C)ccc23)c1. The van der Waals surface area contributed by atoms with E-state index >= 15 is 0 Å². The molecule has 0 fully saturated rings. The monoisotopic (exact) mass is 513 g/mol. The third kappa shape index (κ3) is 5.57. The van der Waals surface area contributed by atoms with Gasteiger partial charge in [0.1, 0.15) is 25.4 Å². The lowest BCUT2D eigenvalue weighted by atomic mass is 9.89. The van der Waals surface area contributed by atoms with Gasteiger partial charge in [-0.1, -0.05) is 19.9 Å². The van der Waals surface area contributed by atoms with Crippen molar-refractivity contribution < 1.29 is 19.1 Å². The fourth-order valence-electron chi connectivity index (χ4n) is 4.60. The van der Waals surface area contributed by atoms with Crippen molar-refractivity contribution in [3.05, 3.63) is 71.1 Å². The van der Waals surface area contributed by atoms with Gasteiger partial charge in [0.2, 0.25) is 5.36 Å². The number of hydrogen-bond donors (Lipinski definition) is 1. The predicted octanol–water partition coefficient (Wildman–Crippen LogP) is 3.83. The molecule has 1 heterocycles. The second kappa shape index (κ2) is 11.1. The van der Waals surface area contributed by atoms with Gasteiger partial charge in [0.25, 0.3) is 5.91 Å². The van der Waals surface area contributed by atoms with E-state index in [-0.39, 0.29) is 11.5 Å². The first-order chi connectivity index (χ1) is 18.1. The summed E-state index contributed by atoms with van der Waals surface area (Å²) in [6.07, 6.45) is 1.90. The zero-order chi connectivity index (χ0) is 27.6. The van der Waals surface area contributed by atoms with Crippen LogP contribution < -0.4 is 25.3 Å². The highest BCUT2D eigenvalue weighted by molar-refractivity contribution is 6.09. The van der Waals surface area contributed by atoms with Crippen LogP contribution in [0.2, 0.25) is 0 Å². The van der Waals surface area contributed by atoms with E-state index < -0.39 is 5.97 Å². The number of nitrogens with zero attached hydrogens (tertiary/aromatic N) is 2. The van der Waals surface area contributed by atoms with Crippen molar-refractivity contribution >= 4 is 28.5 Å². The number of hydrogen-bond acceptors (Lipinski definition) is 5. The first-order valence-corrected chi connectivity index (χ1v) is 12.9. The van der Waals surface area contributed by atoms with Crippen LogP contribution in [0.1, 0.15) is 47.4 Å². The van der Waals surface area contributed by atoms with Gasteiger partial charge in [-0.05, 0) is 54.7 Å². The summed E-state index contributed by atoms with van der Waals surface area (Å²) in [7, 11) is 7.80. The molecular weight excluding hydrogens is 478 g/mol. The molecule has 38 heavy (non-hydrogen) atoms. The largest absolute Gasteiger partial charge is 0.545 e. The number of rotatable bonds is 8. The molecule has 1 aliphatic heterocycles. The summed E-state index contributed by atoms with van der Waals surface area (Å²) in [5, 5.41) is 16.9. The first-order valence-electron chi connectivity index (χ1n) is 12.9. The van der Waals surface area contributed by atoms with Gasteiger partial charge in [0.05, 0.1) is 12.0 Å². The smallest absolute Gasteiger partial charge is 0.251 e. The number of benzene rings is 3. The van der Waals surface area contributed by atoms with E-state index in [4.69, 9.17) is 4.42 Å². The van der Waals surface area contributed by atoms with Crippen LogP contribution in [0.25, 0.3) is 33.4 Å². The van der Waals surface area contributed by atoms with Gasteiger partial charge in [-0.2, -0.15) is 0 Å². The van der Waals surface area contributed by atoms with Crippen molar-refractivity contribution in [2.45, 2.75) is 26.7 Å². The summed E-state index contributed by atoms with van der Waals surface area (Å²) in [5.41, 5.74) is 3.83. The van der Waals surface area contributed by atoms with Gasteiger partial charge in [-0.25, -0.2) is 4.58 Å². The van der Waals surface area contributed by atoms with E-state index in [1.54, 1.807) is 12.1 Å². The molecule has 4 rings (SSSR count). The fourth-order valence-corrected chi connectivity index (χ4v) is 4.60. The Bertz CT molecular complexity index is 1540. The maximum Gasteiger partial charge on any atom is 0.251 e. The van der Waals surface area contributed by atoms with Crippen LogP contribution in [0.15, 0.2) is 59.0 Å². The Balaban J connectivity index is 1.96. The molecular formula is C31H35N3O4. The van der Waals surface area contributed by atoms with Crippen molar-refractivity contribution in [3.8, 4) is 22.5 Å². The Morgan fingerprint density at radius 3 is 2.42 bits per heavy atom. The van der Waals surface area contributed by atoms with Crippen molar-refractivity contribution in [3.63, 3.8) is 0 Å². The summed E-state index contributed by atoms with van der Waals surface area (Å²) < 4.78 is 8.34. The number of carbonyl (C=O) groups is 2. The summed E-state index contributed by atoms with van der Waals surface area (Å²) in [5.74, 6) is -0.367. The quantitative estimate of drug-likeness (QED) is 0.220. The highest BCUT2D eigenvalue weighted by Crippen LogP contribution is 2.42. The molecule has 0 bridgehead atoms. The van der Waals surface area contributed by atoms with E-state index in [1.807, 2.05) is 74.1 Å². The predicted molar refractivity (Wildman–Crippen MR) is 150 cm³/mol. The van der Waals surface area contributed by atoms with Gasteiger partial charge in [0.15, 0.2) is 0 Å². The van der Waals surface area contributed by atoms with Gasteiger partial charge >= 0.3 is 0 Å². The second-order valence-electron chi connectivity index (χ2n) is 10.5. The lowest BCUT2D eigenvalue weighted by molar-refractivity contribution is -0.254. The minimum absolute atomic E-state index is 0.0172. The maximum absolute atomic E-state index is 13.0. The number of carbonyl (C=O) groups excluding carboxylic acids is 2. The number of aromatic carboxylic acids is 1. The molecule has 1 amide bonds. The molecule has 0 spiro atoms. The van der Waals surface area contributed by atoms with Gasteiger partial charge in [0, 0.05) is 66.1 Å². The van der Waals surface area contributed by atoms with Crippen LogP contribution in [-0.2, 0) is 0 Å². The van der Waals surface area contributed by atoms with Gasteiger partial charge < -0.3 is 24.5 Å². The number of anilines is 1. The highest BCUT2D eigenvalue weighted by atomic mass is 16.4. The van der Waals surface area contributed by atoms with Gasteiger partial charge in [-0.3, -0.25) is 4.79 Å². The molecule has 2 aromatic rings. The van der Waals surface area contributed by atoms with Crippen LogP contribution in [0.4, 0.5) is 5.69 Å². The Kier molecular flexibility index (Phi) is 7.86. The average molecular weight is 514 g/mol. The van der Waals surface area contributed by atoms with E-state index in [2.05, 4.69) is 19.2 Å². The minimum atomic E-state index is -1.30. The molecule has 7 nitrogen and oxygen atoms in total. The molecule has 1 aliphatic carbocycles. The molecule has 7 heteroatoms. The fraction of sp³-hybridized carbons (Fsp3) is 0.323. The topological polar surface area (TPSA) is 88.6 Å². The van der Waals surface area contributed by atoms with Crippen LogP contribution in [0, 0.1) is 5.92 Å². The number of nitrogens with one attached hydrogen (secondary N) is 1. The summed E-state index contributed by atoms with van der Waals surface area (Å²) >= 11 is 0. The zero-order valence-corrected chi connectivity index (χ0v) is 22.9. The molecule has 0 radical (unpaired) electrons. The van der Waals surface area contributed by atoms with Crippen molar-refractivity contribution in [1.29, 1.82) is 0 Å². The number of carboxylic acids is 1. The zero-order valence-electron chi connectivity index (χ0n) is 22.9. The number of amides is 1. The molecule has 0 atom stereocenters. The Hall–Kier alpha value is -4.13. The maximum atomic E-state index is 13.0. The highest BCUT2D eigenvalue weighted by Gasteiger charge is 2.22. The Labute approximate surface area is 223 Å². The van der Waals surface area contributed by atoms with Crippen LogP contribution >= 0.6 is 0 Å².